The van der Waals surface area contributed by atoms with E-state index in [0.717, 1.165) is 16.8 Å². The van der Waals surface area contributed by atoms with E-state index in [1.165, 1.54) is 11.8 Å². The number of aromatic nitrogens is 1. The fraction of sp³-hybridized carbons (Fsp3) is 0.381. The number of nitrogens with zero attached hydrogens (tertiary/aromatic N) is 2. The van der Waals surface area contributed by atoms with E-state index in [4.69, 9.17) is 0 Å². The number of nitrogens with one attached hydrogen (secondary N) is 2. The number of amidine groups is 1. The second-order valence-electron chi connectivity index (χ2n) is 7.48. The zero-order valence-electron chi connectivity index (χ0n) is 16.0. The van der Waals surface area contributed by atoms with Gasteiger partial charge in [-0.3, -0.25) is 14.8 Å². The first kappa shape index (κ1) is 19.9. The quantitative estimate of drug-likeness (QED) is 0.609. The van der Waals surface area contributed by atoms with Gasteiger partial charge in [0.05, 0.1) is 18.1 Å². The third-order valence-electron chi connectivity index (χ3n) is 5.32. The molecule has 2 heterocycles. The highest BCUT2D eigenvalue weighted by Crippen LogP contribution is 2.41. The standard InChI is InChI=1S/C21H24N4O3S/c1-12-4-6-14(7-5-12)24-21-25-17-18(27)16(26)9-15(19(17)29-21)20(28)23-11-13-3-2-8-22-10-13/h2-8,10,15-19,26-27H,9,11H2,1H3,(H,23,28)(H,24,25). The van der Waals surface area contributed by atoms with E-state index in [1.807, 2.05) is 43.3 Å². The summed E-state index contributed by atoms with van der Waals surface area (Å²) in [6.07, 6.45) is 1.64. The van der Waals surface area contributed by atoms with Crippen molar-refractivity contribution in [2.24, 2.45) is 10.9 Å². The van der Waals surface area contributed by atoms with Crippen LogP contribution in [-0.4, -0.2) is 49.8 Å². The fourth-order valence-electron chi connectivity index (χ4n) is 3.69. The molecule has 29 heavy (non-hydrogen) atoms. The molecular formula is C21H24N4O3S. The van der Waals surface area contributed by atoms with Gasteiger partial charge in [-0.15, -0.1) is 0 Å². The number of aliphatic imine (C=N–C) groups is 1. The summed E-state index contributed by atoms with van der Waals surface area (Å²) >= 11 is 1.45. The average molecular weight is 413 g/mol. The number of carbonyl (C=O) groups excluding carboxylic acids is 1. The van der Waals surface area contributed by atoms with Gasteiger partial charge in [0.15, 0.2) is 5.17 Å². The first-order valence-corrected chi connectivity index (χ1v) is 10.5. The molecule has 4 rings (SSSR count). The van der Waals surface area contributed by atoms with Crippen molar-refractivity contribution in [1.29, 1.82) is 0 Å². The summed E-state index contributed by atoms with van der Waals surface area (Å²) in [7, 11) is 0. The minimum absolute atomic E-state index is 0.144. The van der Waals surface area contributed by atoms with Gasteiger partial charge >= 0.3 is 0 Å². The number of hydrogen-bond acceptors (Lipinski definition) is 7. The Balaban J connectivity index is 1.45. The van der Waals surface area contributed by atoms with Crippen LogP contribution in [0.4, 0.5) is 5.69 Å². The van der Waals surface area contributed by atoms with Crippen LogP contribution in [0.5, 0.6) is 0 Å². The lowest BCUT2D eigenvalue weighted by Crippen LogP contribution is -2.53. The fourth-order valence-corrected chi connectivity index (χ4v) is 5.07. The summed E-state index contributed by atoms with van der Waals surface area (Å²) < 4.78 is 0. The Morgan fingerprint density at radius 3 is 2.76 bits per heavy atom. The molecule has 1 aromatic carbocycles. The van der Waals surface area contributed by atoms with Gasteiger partial charge < -0.3 is 20.8 Å². The molecule has 5 unspecified atom stereocenters. The third kappa shape index (κ3) is 4.44. The zero-order chi connectivity index (χ0) is 20.4. The summed E-state index contributed by atoms with van der Waals surface area (Å²) in [4.78, 5) is 21.5. The minimum atomic E-state index is -0.979. The molecule has 5 atom stereocenters. The van der Waals surface area contributed by atoms with Gasteiger partial charge in [0.25, 0.3) is 0 Å². The number of hydrogen-bond donors (Lipinski definition) is 4. The molecule has 7 nitrogen and oxygen atoms in total. The molecule has 0 saturated heterocycles. The smallest absolute Gasteiger partial charge is 0.224 e. The maximum absolute atomic E-state index is 12.9. The molecule has 0 radical (unpaired) electrons. The molecule has 2 aromatic rings. The van der Waals surface area contributed by atoms with E-state index in [-0.39, 0.29) is 17.6 Å². The number of aliphatic hydroxyl groups excluding tert-OH is 2. The van der Waals surface area contributed by atoms with Gasteiger partial charge in [0, 0.05) is 29.9 Å². The van der Waals surface area contributed by atoms with Gasteiger partial charge in [-0.25, -0.2) is 0 Å². The molecule has 4 N–H and O–H groups in total. The number of rotatable bonds is 4. The van der Waals surface area contributed by atoms with Crippen LogP contribution < -0.4 is 10.6 Å². The molecule has 152 valence electrons. The molecule has 1 fully saturated rings. The topological polar surface area (TPSA) is 107 Å². The Morgan fingerprint density at radius 1 is 1.24 bits per heavy atom. The van der Waals surface area contributed by atoms with Crippen LogP contribution >= 0.6 is 11.8 Å². The molecule has 1 saturated carbocycles. The first-order valence-electron chi connectivity index (χ1n) is 9.62. The van der Waals surface area contributed by atoms with Crippen molar-refractivity contribution in [2.75, 3.05) is 5.32 Å². The number of fused-ring (bicyclic) bond motifs is 1. The number of carbonyl (C=O) groups is 1. The van der Waals surface area contributed by atoms with Gasteiger partial charge in [-0.2, -0.15) is 0 Å². The van der Waals surface area contributed by atoms with Crippen LogP contribution in [0.3, 0.4) is 0 Å². The summed E-state index contributed by atoms with van der Waals surface area (Å²) in [5, 5.41) is 27.4. The zero-order valence-corrected chi connectivity index (χ0v) is 16.8. The van der Waals surface area contributed by atoms with E-state index in [1.54, 1.807) is 12.4 Å². The monoisotopic (exact) mass is 412 g/mol. The lowest BCUT2D eigenvalue weighted by Gasteiger charge is -2.37. The molecule has 1 amide bonds. The predicted molar refractivity (Wildman–Crippen MR) is 114 cm³/mol. The maximum Gasteiger partial charge on any atom is 0.224 e. The van der Waals surface area contributed by atoms with Crippen molar-refractivity contribution in [3.8, 4) is 0 Å². The van der Waals surface area contributed by atoms with Crippen molar-refractivity contribution in [3.63, 3.8) is 0 Å². The molecular weight excluding hydrogens is 388 g/mol. The molecule has 0 spiro atoms. The number of anilines is 1. The lowest BCUT2D eigenvalue weighted by molar-refractivity contribution is -0.129. The first-order chi connectivity index (χ1) is 14.0. The third-order valence-corrected chi connectivity index (χ3v) is 6.63. The highest BCUT2D eigenvalue weighted by atomic mass is 32.2. The summed E-state index contributed by atoms with van der Waals surface area (Å²) in [6, 6.07) is 11.1. The van der Waals surface area contributed by atoms with Crippen LogP contribution in [0.1, 0.15) is 17.5 Å². The number of aryl methyl sites for hydroxylation is 1. The van der Waals surface area contributed by atoms with E-state index >= 15 is 0 Å². The van der Waals surface area contributed by atoms with E-state index in [2.05, 4.69) is 20.6 Å². The number of thioether (sulfide) groups is 1. The molecule has 0 bridgehead atoms. The van der Waals surface area contributed by atoms with Crippen LogP contribution in [-0.2, 0) is 11.3 Å². The number of amides is 1. The molecule has 1 aromatic heterocycles. The Hall–Kier alpha value is -2.42. The van der Waals surface area contributed by atoms with Crippen LogP contribution in [0, 0.1) is 12.8 Å². The highest BCUT2D eigenvalue weighted by Gasteiger charge is 2.50. The summed E-state index contributed by atoms with van der Waals surface area (Å²) in [6.45, 7) is 2.39. The van der Waals surface area contributed by atoms with Gasteiger partial charge in [-0.05, 0) is 37.1 Å². The second kappa shape index (κ2) is 8.52. The van der Waals surface area contributed by atoms with E-state index in [0.29, 0.717) is 11.7 Å². The highest BCUT2D eigenvalue weighted by molar-refractivity contribution is 8.15. The second-order valence-corrected chi connectivity index (χ2v) is 8.64. The minimum Gasteiger partial charge on any atom is -0.390 e. The van der Waals surface area contributed by atoms with Gasteiger partial charge in [-0.1, -0.05) is 35.5 Å². The average Bonchev–Trinajstić information content (AvgIpc) is 3.15. The van der Waals surface area contributed by atoms with Crippen molar-refractivity contribution < 1.29 is 15.0 Å². The maximum atomic E-state index is 12.9. The van der Waals surface area contributed by atoms with Crippen molar-refractivity contribution in [1.82, 2.24) is 10.3 Å². The van der Waals surface area contributed by atoms with Gasteiger partial charge in [0.1, 0.15) is 6.10 Å². The largest absolute Gasteiger partial charge is 0.390 e. The summed E-state index contributed by atoms with van der Waals surface area (Å²) in [5.74, 6) is -0.588. The van der Waals surface area contributed by atoms with Crippen LogP contribution in [0.2, 0.25) is 0 Å². The lowest BCUT2D eigenvalue weighted by atomic mass is 9.81. The van der Waals surface area contributed by atoms with Crippen molar-refractivity contribution in [2.45, 2.75) is 43.4 Å². The number of benzene rings is 1. The predicted octanol–water partition coefficient (Wildman–Crippen LogP) is 1.70. The Bertz CT molecular complexity index is 891. The molecule has 2 aliphatic rings. The Kier molecular flexibility index (Phi) is 5.84. The Labute approximate surface area is 173 Å². The Morgan fingerprint density at radius 2 is 2.03 bits per heavy atom. The van der Waals surface area contributed by atoms with Crippen LogP contribution in [0.15, 0.2) is 53.8 Å². The van der Waals surface area contributed by atoms with E-state index in [9.17, 15) is 15.0 Å². The number of pyridine rings is 1. The molecule has 1 aliphatic heterocycles. The van der Waals surface area contributed by atoms with Crippen molar-refractivity contribution >= 4 is 28.5 Å². The number of aliphatic hydroxyl groups is 2. The van der Waals surface area contributed by atoms with Gasteiger partial charge in [0.2, 0.25) is 5.91 Å². The van der Waals surface area contributed by atoms with Crippen LogP contribution in [0.25, 0.3) is 0 Å². The summed E-state index contributed by atoms with van der Waals surface area (Å²) in [5.41, 5.74) is 2.97. The van der Waals surface area contributed by atoms with E-state index < -0.39 is 24.2 Å². The molecule has 8 heteroatoms. The van der Waals surface area contributed by atoms with Crippen molar-refractivity contribution in [3.05, 3.63) is 59.9 Å². The molecule has 1 aliphatic carbocycles. The normalized spacial score (nSPS) is 28.4. The SMILES string of the molecule is Cc1ccc(NC2=NC3C(O)C(O)CC(C(=O)NCc4cccnc4)C3S2)cc1.